The monoisotopic (exact) mass is 407 g/mol. The summed E-state index contributed by atoms with van der Waals surface area (Å²) in [5.41, 5.74) is 0.825. The Morgan fingerprint density at radius 1 is 1.15 bits per heavy atom. The number of rotatable bonds is 3. The Hall–Kier alpha value is -2.48. The maximum Gasteiger partial charge on any atom is 0.251 e. The SMILES string of the molecule is O=C1NC(=S)N(c2ccc(Cl)cc2)C(=O)[C@H]1C=Nc1ccc(Cl)c(O)c1. The second-order valence-corrected chi connectivity index (χ2v) is 6.57. The number of amides is 2. The molecule has 1 aliphatic heterocycles. The van der Waals surface area contributed by atoms with Crippen molar-refractivity contribution >= 4 is 69.9 Å². The van der Waals surface area contributed by atoms with Crippen LogP contribution in [0.4, 0.5) is 11.4 Å². The van der Waals surface area contributed by atoms with E-state index in [1.165, 1.54) is 23.2 Å². The van der Waals surface area contributed by atoms with E-state index in [0.717, 1.165) is 0 Å². The third-order valence-corrected chi connectivity index (χ3v) is 4.45. The molecule has 0 aromatic heterocycles. The number of benzene rings is 2. The van der Waals surface area contributed by atoms with E-state index in [2.05, 4.69) is 10.3 Å². The minimum atomic E-state index is -1.17. The normalized spacial score (nSPS) is 17.7. The number of aromatic hydroxyl groups is 1. The van der Waals surface area contributed by atoms with E-state index in [-0.39, 0.29) is 15.9 Å². The highest BCUT2D eigenvalue weighted by molar-refractivity contribution is 7.80. The van der Waals surface area contributed by atoms with Gasteiger partial charge >= 0.3 is 0 Å². The lowest BCUT2D eigenvalue weighted by molar-refractivity contribution is -0.130. The van der Waals surface area contributed by atoms with Gasteiger partial charge in [-0.3, -0.25) is 19.5 Å². The maximum absolute atomic E-state index is 12.8. The molecular formula is C17H11Cl2N3O3S. The van der Waals surface area contributed by atoms with Crippen molar-refractivity contribution in [3.05, 3.63) is 52.5 Å². The summed E-state index contributed by atoms with van der Waals surface area (Å²) in [5, 5.41) is 12.7. The Morgan fingerprint density at radius 2 is 1.85 bits per heavy atom. The van der Waals surface area contributed by atoms with Gasteiger partial charge in [0.15, 0.2) is 11.0 Å². The summed E-state index contributed by atoms with van der Waals surface area (Å²) in [4.78, 5) is 30.2. The molecule has 0 spiro atoms. The number of aliphatic imine (C=N–C) groups is 1. The zero-order valence-corrected chi connectivity index (χ0v) is 15.3. The van der Waals surface area contributed by atoms with Crippen molar-refractivity contribution in [2.24, 2.45) is 10.9 Å². The molecule has 0 saturated carbocycles. The lowest BCUT2D eigenvalue weighted by atomic mass is 10.1. The predicted molar refractivity (Wildman–Crippen MR) is 104 cm³/mol. The molecule has 1 atom stereocenters. The van der Waals surface area contributed by atoms with Crippen LogP contribution in [-0.2, 0) is 9.59 Å². The molecule has 2 aromatic rings. The number of halogens is 2. The lowest BCUT2D eigenvalue weighted by Gasteiger charge is -2.30. The van der Waals surface area contributed by atoms with Gasteiger partial charge in [0, 0.05) is 17.3 Å². The van der Waals surface area contributed by atoms with Gasteiger partial charge in [-0.25, -0.2) is 0 Å². The molecule has 1 fully saturated rings. The van der Waals surface area contributed by atoms with Gasteiger partial charge in [0.05, 0.1) is 16.4 Å². The van der Waals surface area contributed by atoms with Crippen molar-refractivity contribution < 1.29 is 14.7 Å². The molecule has 0 bridgehead atoms. The summed E-state index contributed by atoms with van der Waals surface area (Å²) in [7, 11) is 0. The average Bonchev–Trinajstić information content (AvgIpc) is 2.59. The first kappa shape index (κ1) is 18.3. The number of hydrogen-bond donors (Lipinski definition) is 2. The van der Waals surface area contributed by atoms with Crippen LogP contribution in [0.5, 0.6) is 5.75 Å². The summed E-state index contributed by atoms with van der Waals surface area (Å²) in [6.07, 6.45) is 1.20. The van der Waals surface area contributed by atoms with Crippen molar-refractivity contribution in [2.75, 3.05) is 4.90 Å². The molecule has 132 valence electrons. The third-order valence-electron chi connectivity index (χ3n) is 3.59. The van der Waals surface area contributed by atoms with Crippen molar-refractivity contribution in [1.82, 2.24) is 5.32 Å². The van der Waals surface area contributed by atoms with Gasteiger partial charge in [0.1, 0.15) is 5.75 Å². The summed E-state index contributed by atoms with van der Waals surface area (Å²) in [6.45, 7) is 0. The van der Waals surface area contributed by atoms with Crippen molar-refractivity contribution in [1.29, 1.82) is 0 Å². The van der Waals surface area contributed by atoms with E-state index in [9.17, 15) is 14.7 Å². The molecule has 6 nitrogen and oxygen atoms in total. The standard InChI is InChI=1S/C17H11Cl2N3O3S/c18-9-1-4-11(5-2-9)22-16(25)12(15(24)21-17(22)26)8-20-10-3-6-13(19)14(23)7-10/h1-8,12,23H,(H,21,24,26)/t12-/m0/s1. The van der Waals surface area contributed by atoms with Crippen LogP contribution < -0.4 is 10.2 Å². The van der Waals surface area contributed by atoms with Crippen LogP contribution in [0.25, 0.3) is 0 Å². The molecular weight excluding hydrogens is 397 g/mol. The third kappa shape index (κ3) is 3.70. The van der Waals surface area contributed by atoms with Gasteiger partial charge in [-0.1, -0.05) is 23.2 Å². The fourth-order valence-electron chi connectivity index (χ4n) is 2.30. The van der Waals surface area contributed by atoms with Crippen LogP contribution in [0, 0.1) is 5.92 Å². The number of carbonyl (C=O) groups is 2. The number of hydrogen-bond acceptors (Lipinski definition) is 5. The molecule has 1 aliphatic rings. The number of carbonyl (C=O) groups excluding carboxylic acids is 2. The van der Waals surface area contributed by atoms with Crippen LogP contribution in [-0.4, -0.2) is 28.2 Å². The molecule has 9 heteroatoms. The zero-order valence-electron chi connectivity index (χ0n) is 13.0. The number of phenols is 1. The van der Waals surface area contributed by atoms with Crippen LogP contribution in [0.2, 0.25) is 10.0 Å². The summed E-state index contributed by atoms with van der Waals surface area (Å²) < 4.78 is 0. The minimum Gasteiger partial charge on any atom is -0.506 e. The van der Waals surface area contributed by atoms with E-state index in [1.54, 1.807) is 30.3 Å². The summed E-state index contributed by atoms with van der Waals surface area (Å²) >= 11 is 16.7. The Bertz CT molecular complexity index is 931. The smallest absolute Gasteiger partial charge is 0.251 e. The number of thiocarbonyl (C=S) groups is 1. The first-order valence-corrected chi connectivity index (χ1v) is 8.50. The minimum absolute atomic E-state index is 0.0175. The average molecular weight is 408 g/mol. The van der Waals surface area contributed by atoms with Gasteiger partial charge in [0.2, 0.25) is 5.91 Å². The van der Waals surface area contributed by atoms with Gasteiger partial charge in [0.25, 0.3) is 5.91 Å². The molecule has 2 aromatic carbocycles. The first-order chi connectivity index (χ1) is 12.4. The Balaban J connectivity index is 1.88. The molecule has 1 heterocycles. The lowest BCUT2D eigenvalue weighted by Crippen LogP contribution is -2.58. The fourth-order valence-corrected chi connectivity index (χ4v) is 2.84. The van der Waals surface area contributed by atoms with Crippen molar-refractivity contribution in [2.45, 2.75) is 0 Å². The van der Waals surface area contributed by atoms with Crippen LogP contribution in [0.3, 0.4) is 0 Å². The molecule has 26 heavy (non-hydrogen) atoms. The molecule has 1 saturated heterocycles. The Labute approximate surface area is 164 Å². The largest absolute Gasteiger partial charge is 0.506 e. The Kier molecular flexibility index (Phi) is 5.22. The van der Waals surface area contributed by atoms with E-state index in [0.29, 0.717) is 16.4 Å². The second-order valence-electron chi connectivity index (χ2n) is 5.34. The van der Waals surface area contributed by atoms with E-state index < -0.39 is 17.7 Å². The first-order valence-electron chi connectivity index (χ1n) is 7.34. The number of nitrogens with one attached hydrogen (secondary N) is 1. The Morgan fingerprint density at radius 3 is 2.50 bits per heavy atom. The number of phenolic OH excluding ortho intramolecular Hbond substituents is 1. The highest BCUT2D eigenvalue weighted by Gasteiger charge is 2.38. The van der Waals surface area contributed by atoms with E-state index in [1.807, 2.05) is 0 Å². The highest BCUT2D eigenvalue weighted by Crippen LogP contribution is 2.28. The molecule has 3 rings (SSSR count). The maximum atomic E-state index is 12.8. The number of anilines is 1. The van der Waals surface area contributed by atoms with Gasteiger partial charge in [-0.2, -0.15) is 0 Å². The summed E-state index contributed by atoms with van der Waals surface area (Å²) in [6, 6.07) is 10.8. The van der Waals surface area contributed by atoms with Gasteiger partial charge in [-0.15, -0.1) is 0 Å². The van der Waals surface area contributed by atoms with Crippen molar-refractivity contribution in [3.63, 3.8) is 0 Å². The van der Waals surface area contributed by atoms with Crippen LogP contribution >= 0.6 is 35.4 Å². The van der Waals surface area contributed by atoms with Gasteiger partial charge in [-0.05, 0) is 48.6 Å². The van der Waals surface area contributed by atoms with E-state index in [4.69, 9.17) is 35.4 Å². The van der Waals surface area contributed by atoms with Crippen LogP contribution in [0.1, 0.15) is 0 Å². The molecule has 0 aliphatic carbocycles. The molecule has 2 N–H and O–H groups in total. The van der Waals surface area contributed by atoms with Crippen molar-refractivity contribution in [3.8, 4) is 5.75 Å². The fraction of sp³-hybridized carbons (Fsp3) is 0.0588. The zero-order chi connectivity index (χ0) is 18.8. The second kappa shape index (κ2) is 7.41. The van der Waals surface area contributed by atoms with E-state index >= 15 is 0 Å². The highest BCUT2D eigenvalue weighted by atomic mass is 35.5. The molecule has 0 unspecified atom stereocenters. The topological polar surface area (TPSA) is 82.0 Å². The predicted octanol–water partition coefficient (Wildman–Crippen LogP) is 3.47. The molecule has 2 amide bonds. The number of nitrogens with zero attached hydrogens (tertiary/aromatic N) is 2. The quantitative estimate of drug-likeness (QED) is 0.463. The summed E-state index contributed by atoms with van der Waals surface area (Å²) in [5.74, 6) is -2.44. The molecule has 0 radical (unpaired) electrons. The van der Waals surface area contributed by atoms with Gasteiger partial charge < -0.3 is 10.4 Å². The van der Waals surface area contributed by atoms with Crippen LogP contribution in [0.15, 0.2) is 47.5 Å².